The number of ether oxygens (including phenoxy) is 1. The molecule has 0 spiro atoms. The van der Waals surface area contributed by atoms with Gasteiger partial charge in [0.05, 0.1) is 5.69 Å². The first-order valence-corrected chi connectivity index (χ1v) is 9.30. The van der Waals surface area contributed by atoms with Crippen LogP contribution < -0.4 is 10.1 Å². The average Bonchev–Trinajstić information content (AvgIpc) is 2.56. The standard InChI is InChI=1S/C20H25NO2S/c1-5-17(23-18-12-11-14(3)13-15(18)4)20(22)21-16-9-7-8-10-19(16)24-6-2/h7-13,17H,5-6H2,1-4H3,(H,21,22)/t17-/m0/s1. The number of hydrogen-bond acceptors (Lipinski definition) is 3. The molecule has 1 atom stereocenters. The van der Waals surface area contributed by atoms with E-state index in [0.29, 0.717) is 6.42 Å². The van der Waals surface area contributed by atoms with Crippen LogP contribution in [0.3, 0.4) is 0 Å². The summed E-state index contributed by atoms with van der Waals surface area (Å²) < 4.78 is 5.96. The van der Waals surface area contributed by atoms with E-state index < -0.39 is 6.10 Å². The number of amides is 1. The molecule has 0 saturated heterocycles. The maximum Gasteiger partial charge on any atom is 0.265 e. The molecule has 1 N–H and O–H groups in total. The highest BCUT2D eigenvalue weighted by molar-refractivity contribution is 7.99. The molecular formula is C20H25NO2S. The number of aryl methyl sites for hydroxylation is 2. The molecule has 0 saturated carbocycles. The van der Waals surface area contributed by atoms with E-state index in [1.807, 2.05) is 57.2 Å². The van der Waals surface area contributed by atoms with Crippen LogP contribution in [0.1, 0.15) is 31.4 Å². The first-order valence-electron chi connectivity index (χ1n) is 8.31. The molecule has 2 aromatic carbocycles. The van der Waals surface area contributed by atoms with Gasteiger partial charge in [0.25, 0.3) is 5.91 Å². The van der Waals surface area contributed by atoms with Gasteiger partial charge in [0, 0.05) is 4.90 Å². The summed E-state index contributed by atoms with van der Waals surface area (Å²) in [6.45, 7) is 8.10. The summed E-state index contributed by atoms with van der Waals surface area (Å²) >= 11 is 1.72. The van der Waals surface area contributed by atoms with Crippen molar-refractivity contribution in [1.29, 1.82) is 0 Å². The summed E-state index contributed by atoms with van der Waals surface area (Å²) in [5.74, 6) is 1.61. The molecule has 0 aromatic heterocycles. The van der Waals surface area contributed by atoms with Gasteiger partial charge in [-0.2, -0.15) is 0 Å². The lowest BCUT2D eigenvalue weighted by Gasteiger charge is -2.19. The second-order valence-electron chi connectivity index (χ2n) is 5.70. The van der Waals surface area contributed by atoms with E-state index >= 15 is 0 Å². The highest BCUT2D eigenvalue weighted by atomic mass is 32.2. The van der Waals surface area contributed by atoms with Crippen molar-refractivity contribution in [2.75, 3.05) is 11.1 Å². The molecule has 0 heterocycles. The molecule has 0 unspecified atom stereocenters. The lowest BCUT2D eigenvalue weighted by atomic mass is 10.1. The zero-order valence-corrected chi connectivity index (χ0v) is 15.6. The Balaban J connectivity index is 2.12. The van der Waals surface area contributed by atoms with Gasteiger partial charge in [0.2, 0.25) is 0 Å². The third kappa shape index (κ3) is 4.78. The van der Waals surface area contributed by atoms with Crippen molar-refractivity contribution in [1.82, 2.24) is 0 Å². The van der Waals surface area contributed by atoms with Crippen molar-refractivity contribution < 1.29 is 9.53 Å². The molecule has 0 radical (unpaired) electrons. The minimum Gasteiger partial charge on any atom is -0.480 e. The first-order chi connectivity index (χ1) is 11.5. The Hall–Kier alpha value is -1.94. The smallest absolute Gasteiger partial charge is 0.265 e. The van der Waals surface area contributed by atoms with Crippen LogP contribution in [-0.2, 0) is 4.79 Å². The third-order valence-corrected chi connectivity index (χ3v) is 4.66. The van der Waals surface area contributed by atoms with E-state index in [1.54, 1.807) is 11.8 Å². The van der Waals surface area contributed by atoms with E-state index in [2.05, 4.69) is 18.3 Å². The molecule has 0 fully saturated rings. The summed E-state index contributed by atoms with van der Waals surface area (Å²) in [6.07, 6.45) is 0.105. The normalized spacial score (nSPS) is 11.8. The van der Waals surface area contributed by atoms with Gasteiger partial charge in [-0.3, -0.25) is 4.79 Å². The number of nitrogens with one attached hydrogen (secondary N) is 1. The first kappa shape index (κ1) is 18.4. The van der Waals surface area contributed by atoms with Crippen molar-refractivity contribution in [2.45, 2.75) is 45.1 Å². The summed E-state index contributed by atoms with van der Waals surface area (Å²) in [5.41, 5.74) is 3.07. The number of carbonyl (C=O) groups is 1. The lowest BCUT2D eigenvalue weighted by Crippen LogP contribution is -2.32. The second kappa shape index (κ2) is 8.78. The highest BCUT2D eigenvalue weighted by Gasteiger charge is 2.20. The van der Waals surface area contributed by atoms with Crippen LogP contribution in [0.4, 0.5) is 5.69 Å². The van der Waals surface area contributed by atoms with Crippen LogP contribution in [0, 0.1) is 13.8 Å². The summed E-state index contributed by atoms with van der Waals surface area (Å²) in [7, 11) is 0. The van der Waals surface area contributed by atoms with Crippen molar-refractivity contribution in [3.05, 3.63) is 53.6 Å². The number of rotatable bonds is 7. The van der Waals surface area contributed by atoms with Crippen molar-refractivity contribution in [3.8, 4) is 5.75 Å². The SMILES string of the molecule is CCSc1ccccc1NC(=O)[C@H](CC)Oc1ccc(C)cc1C. The highest BCUT2D eigenvalue weighted by Crippen LogP contribution is 2.27. The van der Waals surface area contributed by atoms with Gasteiger partial charge in [-0.1, -0.05) is 43.7 Å². The molecule has 3 nitrogen and oxygen atoms in total. The van der Waals surface area contributed by atoms with Crippen LogP contribution >= 0.6 is 11.8 Å². The lowest BCUT2D eigenvalue weighted by molar-refractivity contribution is -0.122. The Morgan fingerprint density at radius 3 is 2.58 bits per heavy atom. The number of carbonyl (C=O) groups excluding carboxylic acids is 1. The summed E-state index contributed by atoms with van der Waals surface area (Å²) in [6, 6.07) is 13.9. The minimum absolute atomic E-state index is 0.110. The average molecular weight is 343 g/mol. The second-order valence-corrected chi connectivity index (χ2v) is 7.01. The summed E-state index contributed by atoms with van der Waals surface area (Å²) in [4.78, 5) is 13.7. The fraction of sp³-hybridized carbons (Fsp3) is 0.350. The molecule has 4 heteroatoms. The monoisotopic (exact) mass is 343 g/mol. The van der Waals surface area contributed by atoms with Gasteiger partial charge in [-0.25, -0.2) is 0 Å². The fourth-order valence-electron chi connectivity index (χ4n) is 2.47. The van der Waals surface area contributed by atoms with Crippen LogP contribution in [-0.4, -0.2) is 17.8 Å². The van der Waals surface area contributed by atoms with Crippen molar-refractivity contribution in [2.24, 2.45) is 0 Å². The number of anilines is 1. The van der Waals surface area contributed by atoms with Gasteiger partial charge < -0.3 is 10.1 Å². The Kier molecular flexibility index (Phi) is 6.73. The summed E-state index contributed by atoms with van der Waals surface area (Å²) in [5, 5.41) is 3.01. The van der Waals surface area contributed by atoms with E-state index in [1.165, 1.54) is 5.56 Å². The maximum atomic E-state index is 12.6. The van der Waals surface area contributed by atoms with E-state index in [-0.39, 0.29) is 5.91 Å². The molecule has 2 rings (SSSR count). The Labute approximate surface area is 148 Å². The molecule has 0 bridgehead atoms. The predicted octanol–water partition coefficient (Wildman–Crippen LogP) is 5.21. The maximum absolute atomic E-state index is 12.6. The van der Waals surface area contributed by atoms with Crippen LogP contribution in [0.15, 0.2) is 47.4 Å². The van der Waals surface area contributed by atoms with Gasteiger partial charge in [0.15, 0.2) is 6.10 Å². The largest absolute Gasteiger partial charge is 0.480 e. The van der Waals surface area contributed by atoms with Crippen LogP contribution in [0.2, 0.25) is 0 Å². The topological polar surface area (TPSA) is 38.3 Å². The van der Waals surface area contributed by atoms with Crippen LogP contribution in [0.25, 0.3) is 0 Å². The van der Waals surface area contributed by atoms with Gasteiger partial charge in [-0.15, -0.1) is 11.8 Å². The fourth-order valence-corrected chi connectivity index (χ4v) is 3.23. The molecule has 24 heavy (non-hydrogen) atoms. The molecule has 128 valence electrons. The molecule has 1 amide bonds. The van der Waals surface area contributed by atoms with Crippen molar-refractivity contribution in [3.63, 3.8) is 0 Å². The van der Waals surface area contributed by atoms with E-state index in [0.717, 1.165) is 27.6 Å². The van der Waals surface area contributed by atoms with Crippen molar-refractivity contribution >= 4 is 23.4 Å². The van der Waals surface area contributed by atoms with Crippen LogP contribution in [0.5, 0.6) is 5.75 Å². The predicted molar refractivity (Wildman–Crippen MR) is 102 cm³/mol. The van der Waals surface area contributed by atoms with E-state index in [4.69, 9.17) is 4.74 Å². The molecule has 0 aliphatic carbocycles. The Morgan fingerprint density at radius 1 is 1.17 bits per heavy atom. The number of benzene rings is 2. The number of thioether (sulfide) groups is 1. The van der Waals surface area contributed by atoms with Gasteiger partial charge in [-0.05, 0) is 49.8 Å². The quantitative estimate of drug-likeness (QED) is 0.701. The molecular weight excluding hydrogens is 318 g/mol. The molecule has 0 aliphatic heterocycles. The zero-order valence-electron chi connectivity index (χ0n) is 14.8. The minimum atomic E-state index is -0.508. The molecule has 2 aromatic rings. The Bertz CT molecular complexity index is 700. The number of para-hydroxylation sites is 1. The third-order valence-electron chi connectivity index (χ3n) is 3.71. The molecule has 0 aliphatic rings. The van der Waals surface area contributed by atoms with E-state index in [9.17, 15) is 4.79 Å². The van der Waals surface area contributed by atoms with Gasteiger partial charge >= 0.3 is 0 Å². The number of hydrogen-bond donors (Lipinski definition) is 1. The zero-order chi connectivity index (χ0) is 17.5. The van der Waals surface area contributed by atoms with Gasteiger partial charge in [0.1, 0.15) is 5.75 Å². The Morgan fingerprint density at radius 2 is 1.92 bits per heavy atom.